The van der Waals surface area contributed by atoms with Gasteiger partial charge in [0.1, 0.15) is 0 Å². The Morgan fingerprint density at radius 1 is 0.920 bits per heavy atom. The maximum Gasteiger partial charge on any atom is 0.349 e. The van der Waals surface area contributed by atoms with Crippen LogP contribution in [0.2, 0.25) is 0 Å². The summed E-state index contributed by atoms with van der Waals surface area (Å²) >= 11 is 0. The van der Waals surface area contributed by atoms with Gasteiger partial charge in [0.15, 0.2) is 11.5 Å². The van der Waals surface area contributed by atoms with E-state index < -0.39 is 11.2 Å². The molecular weight excluding hydrogens is 316 g/mol. The summed E-state index contributed by atoms with van der Waals surface area (Å²) < 4.78 is 1.91. The Hall–Kier alpha value is -3.28. The fourth-order valence-electron chi connectivity index (χ4n) is 3.06. The molecule has 0 aromatic heterocycles. The van der Waals surface area contributed by atoms with E-state index in [2.05, 4.69) is 27.1 Å². The molecule has 0 bridgehead atoms. The number of benzene rings is 2. The molecule has 0 spiro atoms. The van der Waals surface area contributed by atoms with Gasteiger partial charge in [0, 0.05) is 6.54 Å². The van der Waals surface area contributed by atoms with Crippen LogP contribution in [0.15, 0.2) is 64.2 Å². The van der Waals surface area contributed by atoms with Gasteiger partial charge in [0.2, 0.25) is 0 Å². The minimum Gasteiger partial charge on any atom is -0.322 e. The summed E-state index contributed by atoms with van der Waals surface area (Å²) in [6.07, 6.45) is 1.76. The van der Waals surface area contributed by atoms with Gasteiger partial charge in [-0.1, -0.05) is 42.5 Å². The zero-order valence-corrected chi connectivity index (χ0v) is 13.5. The Morgan fingerprint density at radius 2 is 1.68 bits per heavy atom. The Labute approximate surface area is 143 Å². The normalized spacial score (nSPS) is 11.2. The van der Waals surface area contributed by atoms with Crippen LogP contribution in [0.25, 0.3) is 22.6 Å². The third-order valence-electron chi connectivity index (χ3n) is 4.21. The smallest absolute Gasteiger partial charge is 0.322 e. The Balaban J connectivity index is 1.79. The lowest BCUT2D eigenvalue weighted by Crippen LogP contribution is -2.29. The molecule has 2 aromatic rings. The van der Waals surface area contributed by atoms with E-state index in [1.54, 1.807) is 0 Å². The van der Waals surface area contributed by atoms with E-state index in [0.29, 0.717) is 17.9 Å². The molecule has 4 rings (SSSR count). The van der Waals surface area contributed by atoms with E-state index in [4.69, 9.17) is 0 Å². The summed E-state index contributed by atoms with van der Waals surface area (Å²) in [6, 6.07) is 17.8. The quantitative estimate of drug-likeness (QED) is 0.581. The highest BCUT2D eigenvalue weighted by Gasteiger charge is 2.18. The summed E-state index contributed by atoms with van der Waals surface area (Å²) in [7, 11) is 0. The minimum absolute atomic E-state index is 0.193. The fraction of sp³-hybridized carbons (Fsp3) is 0.158. The Bertz CT molecular complexity index is 1120. The average Bonchev–Trinajstić information content (AvgIpc) is 2.63. The van der Waals surface area contributed by atoms with Crippen LogP contribution in [0.5, 0.6) is 0 Å². The first-order valence-corrected chi connectivity index (χ1v) is 8.16. The molecule has 0 radical (unpaired) electrons. The van der Waals surface area contributed by atoms with Gasteiger partial charge in [-0.05, 0) is 30.5 Å². The van der Waals surface area contributed by atoms with Crippen LogP contribution in [0, 0.1) is 0 Å². The lowest BCUT2D eigenvalue weighted by Gasteiger charge is -2.16. The molecule has 0 atom stereocenters. The number of hydrogen-bond donors (Lipinski definition) is 1. The lowest BCUT2D eigenvalue weighted by atomic mass is 10.1. The highest BCUT2D eigenvalue weighted by atomic mass is 16.2. The molecule has 1 N–H and O–H groups in total. The highest BCUT2D eigenvalue weighted by molar-refractivity contribution is 5.79. The van der Waals surface area contributed by atoms with Crippen LogP contribution in [0.1, 0.15) is 12.0 Å². The molecule has 2 aliphatic heterocycles. The van der Waals surface area contributed by atoms with Gasteiger partial charge >= 0.3 is 5.69 Å². The summed E-state index contributed by atoms with van der Waals surface area (Å²) in [5.74, 6) is 0.334. The van der Waals surface area contributed by atoms with E-state index in [-0.39, 0.29) is 5.69 Å². The van der Waals surface area contributed by atoms with E-state index in [1.807, 2.05) is 47.0 Å². The zero-order chi connectivity index (χ0) is 17.2. The minimum atomic E-state index is -0.647. The molecule has 0 unspecified atom stereocenters. The number of nitrogens with one attached hydrogen (secondary N) is 1. The number of aromatic nitrogens is 4. The standard InChI is InChI=1S/C19H16N4O2/c24-18-16-17(21-19(25)22-18)23(15-11-5-4-10-14(15)20-16)12-6-9-13-7-2-1-3-8-13/h1-5,7-8,10-11H,6,9,12H2,(H,22,24,25). The molecule has 0 amide bonds. The van der Waals surface area contributed by atoms with Crippen LogP contribution < -0.4 is 11.2 Å². The Kier molecular flexibility index (Phi) is 3.85. The summed E-state index contributed by atoms with van der Waals surface area (Å²) in [5.41, 5.74) is 1.87. The van der Waals surface area contributed by atoms with Crippen molar-refractivity contribution in [2.75, 3.05) is 0 Å². The van der Waals surface area contributed by atoms with Gasteiger partial charge in [-0.3, -0.25) is 9.78 Å². The maximum absolute atomic E-state index is 12.1. The van der Waals surface area contributed by atoms with Gasteiger partial charge in [-0.2, -0.15) is 4.98 Å². The molecule has 0 saturated carbocycles. The summed E-state index contributed by atoms with van der Waals surface area (Å²) in [6.45, 7) is 0.643. The largest absolute Gasteiger partial charge is 0.349 e. The maximum atomic E-state index is 12.1. The first kappa shape index (κ1) is 15.3. The number of aromatic amines is 1. The van der Waals surface area contributed by atoms with Gasteiger partial charge in [-0.15, -0.1) is 0 Å². The third kappa shape index (κ3) is 2.94. The first-order chi connectivity index (χ1) is 12.2. The van der Waals surface area contributed by atoms with Gasteiger partial charge in [-0.25, -0.2) is 9.78 Å². The summed E-state index contributed by atoms with van der Waals surface area (Å²) in [5, 5.41) is 0. The molecule has 6 heteroatoms. The number of aryl methyl sites for hydroxylation is 2. The number of rotatable bonds is 4. The lowest BCUT2D eigenvalue weighted by molar-refractivity contribution is 0.649. The van der Waals surface area contributed by atoms with Crippen molar-refractivity contribution < 1.29 is 0 Å². The molecule has 2 aliphatic rings. The van der Waals surface area contributed by atoms with Crippen molar-refractivity contribution in [2.24, 2.45) is 0 Å². The van der Waals surface area contributed by atoms with Crippen molar-refractivity contribution in [1.82, 2.24) is 19.5 Å². The predicted molar refractivity (Wildman–Crippen MR) is 95.8 cm³/mol. The number of H-pyrrole nitrogens is 1. The molecule has 124 valence electrons. The molecule has 0 fully saturated rings. The molecule has 2 heterocycles. The number of fused-ring (bicyclic) bond motifs is 2. The topological polar surface area (TPSA) is 80.6 Å². The SMILES string of the molecule is O=c1nc2n(CCCc3ccccc3)c3ccccc3nc-2c(=O)[nH]1. The van der Waals surface area contributed by atoms with Crippen molar-refractivity contribution in [3.05, 3.63) is 81.0 Å². The molecule has 6 nitrogen and oxygen atoms in total. The second-order valence-corrected chi connectivity index (χ2v) is 5.88. The molecule has 2 aromatic carbocycles. The van der Waals surface area contributed by atoms with Crippen LogP contribution in [-0.4, -0.2) is 19.5 Å². The van der Waals surface area contributed by atoms with E-state index in [9.17, 15) is 9.59 Å². The van der Waals surface area contributed by atoms with Crippen LogP contribution >= 0.6 is 0 Å². The number of para-hydroxylation sites is 2. The zero-order valence-electron chi connectivity index (χ0n) is 13.5. The molecule has 0 saturated heterocycles. The van der Waals surface area contributed by atoms with Crippen LogP contribution in [0.4, 0.5) is 0 Å². The van der Waals surface area contributed by atoms with Crippen LogP contribution in [-0.2, 0) is 13.0 Å². The molecule has 0 aliphatic carbocycles. The Morgan fingerprint density at radius 3 is 2.52 bits per heavy atom. The molecule has 25 heavy (non-hydrogen) atoms. The molecular formula is C19H16N4O2. The first-order valence-electron chi connectivity index (χ1n) is 8.16. The van der Waals surface area contributed by atoms with Crippen molar-refractivity contribution in [3.8, 4) is 11.5 Å². The monoisotopic (exact) mass is 332 g/mol. The average molecular weight is 332 g/mol. The van der Waals surface area contributed by atoms with E-state index in [0.717, 1.165) is 18.4 Å². The van der Waals surface area contributed by atoms with Crippen molar-refractivity contribution in [1.29, 1.82) is 0 Å². The van der Waals surface area contributed by atoms with Crippen LogP contribution in [0.3, 0.4) is 0 Å². The van der Waals surface area contributed by atoms with E-state index >= 15 is 0 Å². The van der Waals surface area contributed by atoms with E-state index in [1.165, 1.54) is 5.56 Å². The fourth-order valence-corrected chi connectivity index (χ4v) is 3.06. The van der Waals surface area contributed by atoms with Crippen molar-refractivity contribution >= 4 is 11.0 Å². The van der Waals surface area contributed by atoms with Gasteiger partial charge < -0.3 is 4.57 Å². The highest BCUT2D eigenvalue weighted by Crippen LogP contribution is 2.21. The van der Waals surface area contributed by atoms with Crippen molar-refractivity contribution in [3.63, 3.8) is 0 Å². The van der Waals surface area contributed by atoms with Gasteiger partial charge in [0.25, 0.3) is 5.56 Å². The number of nitrogens with zero attached hydrogens (tertiary/aromatic N) is 3. The van der Waals surface area contributed by atoms with Crippen molar-refractivity contribution in [2.45, 2.75) is 19.4 Å². The second-order valence-electron chi connectivity index (χ2n) is 5.88. The van der Waals surface area contributed by atoms with Gasteiger partial charge in [0.05, 0.1) is 11.0 Å². The second kappa shape index (κ2) is 6.32. The third-order valence-corrected chi connectivity index (χ3v) is 4.21. The summed E-state index contributed by atoms with van der Waals surface area (Å²) in [4.78, 5) is 34.4. The predicted octanol–water partition coefficient (Wildman–Crippen LogP) is 2.22. The number of hydrogen-bond acceptors (Lipinski definition) is 4.